The number of aromatic nitrogens is 4. The molecule has 3 heterocycles. The van der Waals surface area contributed by atoms with Crippen LogP contribution in [0.15, 0.2) is 66.1 Å². The van der Waals surface area contributed by atoms with Gasteiger partial charge >= 0.3 is 0 Å². The molecule has 2 aromatic heterocycles. The van der Waals surface area contributed by atoms with E-state index in [0.717, 1.165) is 30.7 Å². The molecule has 0 saturated carbocycles. The third kappa shape index (κ3) is 5.19. The van der Waals surface area contributed by atoms with Gasteiger partial charge in [-0.2, -0.15) is 0 Å². The summed E-state index contributed by atoms with van der Waals surface area (Å²) >= 11 is 1.08. The van der Waals surface area contributed by atoms with Gasteiger partial charge in [0.2, 0.25) is 0 Å². The van der Waals surface area contributed by atoms with Gasteiger partial charge in [0.1, 0.15) is 30.2 Å². The smallest absolute Gasteiger partial charge is 0.167 e. The number of nitrogens with zero attached hydrogens (tertiary/aromatic N) is 4. The van der Waals surface area contributed by atoms with E-state index in [1.807, 2.05) is 18.2 Å². The monoisotopic (exact) mass is 513 g/mol. The minimum atomic E-state index is -1.25. The first kappa shape index (κ1) is 24.6. The molecule has 0 spiro atoms. The molecule has 0 bridgehead atoms. The number of hydrogen-bond donors (Lipinski definition) is 3. The standard InChI is InChI=1S/C25H25F2N5O3S/c26-16-8-9-19(17(27)11-16)36-12-18-21(33)22(34)25(35-18)32-14-31-20-23(29-13-30-24(20)32)28-10-4-7-15-5-2-1-3-6-15/h1-3,5-6,8-9,11,13-14,18,21-22,25,33-34H,4,7,10,12H2,(H,28,29,30)/t18-,21-,22-,25-/m1/s1. The third-order valence-corrected chi connectivity index (χ3v) is 7.18. The van der Waals surface area contributed by atoms with Crippen molar-refractivity contribution in [3.8, 4) is 0 Å². The van der Waals surface area contributed by atoms with Gasteiger partial charge in [-0.05, 0) is 30.5 Å². The molecule has 1 fully saturated rings. The first-order valence-electron chi connectivity index (χ1n) is 11.6. The van der Waals surface area contributed by atoms with Gasteiger partial charge in [-0.3, -0.25) is 4.57 Å². The average molecular weight is 514 g/mol. The number of rotatable bonds is 9. The Bertz CT molecular complexity index is 1330. The van der Waals surface area contributed by atoms with E-state index in [1.54, 1.807) is 4.57 Å². The summed E-state index contributed by atoms with van der Waals surface area (Å²) in [6.45, 7) is 0.689. The maximum atomic E-state index is 14.0. The van der Waals surface area contributed by atoms with Crippen molar-refractivity contribution >= 4 is 28.7 Å². The molecule has 3 N–H and O–H groups in total. The fourth-order valence-corrected chi connectivity index (χ4v) is 5.15. The van der Waals surface area contributed by atoms with Crippen LogP contribution in [0.5, 0.6) is 0 Å². The Labute approximate surface area is 210 Å². The number of anilines is 1. The summed E-state index contributed by atoms with van der Waals surface area (Å²) in [6, 6.07) is 13.5. The van der Waals surface area contributed by atoms with E-state index in [-0.39, 0.29) is 10.6 Å². The van der Waals surface area contributed by atoms with Gasteiger partial charge in [-0.25, -0.2) is 23.7 Å². The van der Waals surface area contributed by atoms with E-state index in [9.17, 15) is 19.0 Å². The summed E-state index contributed by atoms with van der Waals surface area (Å²) in [7, 11) is 0. The summed E-state index contributed by atoms with van der Waals surface area (Å²) in [6.07, 6.45) is 0.554. The highest BCUT2D eigenvalue weighted by atomic mass is 32.2. The van der Waals surface area contributed by atoms with Crippen LogP contribution in [0.1, 0.15) is 18.2 Å². The van der Waals surface area contributed by atoms with Crippen molar-refractivity contribution in [3.05, 3.63) is 78.4 Å². The summed E-state index contributed by atoms with van der Waals surface area (Å²) in [5.74, 6) is -0.624. The molecule has 1 aliphatic heterocycles. The molecule has 8 nitrogen and oxygen atoms in total. The van der Waals surface area contributed by atoms with E-state index in [4.69, 9.17) is 4.74 Å². The normalized spacial score (nSPS) is 21.8. The second-order valence-corrected chi connectivity index (χ2v) is 9.56. The van der Waals surface area contributed by atoms with Crippen LogP contribution in [0, 0.1) is 11.6 Å². The lowest BCUT2D eigenvalue weighted by Crippen LogP contribution is -2.32. The summed E-state index contributed by atoms with van der Waals surface area (Å²) in [5, 5.41) is 24.5. The van der Waals surface area contributed by atoms with Gasteiger partial charge in [0, 0.05) is 23.3 Å². The number of thioether (sulfide) groups is 1. The van der Waals surface area contributed by atoms with Crippen molar-refractivity contribution in [2.75, 3.05) is 17.6 Å². The third-order valence-electron chi connectivity index (χ3n) is 6.04. The van der Waals surface area contributed by atoms with Gasteiger partial charge in [0.05, 0.1) is 12.4 Å². The largest absolute Gasteiger partial charge is 0.387 e. The molecule has 1 saturated heterocycles. The summed E-state index contributed by atoms with van der Waals surface area (Å²) in [5.41, 5.74) is 2.23. The lowest BCUT2D eigenvalue weighted by atomic mass is 10.1. The second kappa shape index (κ2) is 10.9. The van der Waals surface area contributed by atoms with Crippen molar-refractivity contribution < 1.29 is 23.7 Å². The number of ether oxygens (including phenoxy) is 1. The molecule has 1 aliphatic rings. The van der Waals surface area contributed by atoms with Crippen molar-refractivity contribution in [1.82, 2.24) is 19.5 Å². The van der Waals surface area contributed by atoms with Crippen LogP contribution in [0.25, 0.3) is 11.2 Å². The summed E-state index contributed by atoms with van der Waals surface area (Å²) < 4.78 is 34.6. The zero-order valence-electron chi connectivity index (χ0n) is 19.2. The van der Waals surface area contributed by atoms with E-state index < -0.39 is 36.2 Å². The summed E-state index contributed by atoms with van der Waals surface area (Å²) in [4.78, 5) is 13.2. The number of aliphatic hydroxyl groups is 2. The zero-order valence-corrected chi connectivity index (χ0v) is 20.0. The Morgan fingerprint density at radius 3 is 2.67 bits per heavy atom. The first-order valence-corrected chi connectivity index (χ1v) is 12.5. The zero-order chi connectivity index (χ0) is 25.1. The molecular formula is C25H25F2N5O3S. The molecule has 0 radical (unpaired) electrons. The quantitative estimate of drug-likeness (QED) is 0.231. The van der Waals surface area contributed by atoms with Crippen LogP contribution < -0.4 is 5.32 Å². The molecular weight excluding hydrogens is 488 g/mol. The molecule has 36 heavy (non-hydrogen) atoms. The van der Waals surface area contributed by atoms with Gasteiger partial charge in [0.15, 0.2) is 23.2 Å². The van der Waals surface area contributed by atoms with E-state index in [1.165, 1.54) is 30.4 Å². The molecule has 5 rings (SSSR count). The lowest BCUT2D eigenvalue weighted by molar-refractivity contribution is -0.0289. The fourth-order valence-electron chi connectivity index (χ4n) is 4.17. The molecule has 0 unspecified atom stereocenters. The highest BCUT2D eigenvalue weighted by molar-refractivity contribution is 7.99. The Morgan fingerprint density at radius 1 is 1.03 bits per heavy atom. The number of nitrogens with one attached hydrogen (secondary N) is 1. The van der Waals surface area contributed by atoms with Crippen LogP contribution >= 0.6 is 11.8 Å². The maximum absolute atomic E-state index is 14.0. The van der Waals surface area contributed by atoms with Crippen LogP contribution in [0.2, 0.25) is 0 Å². The van der Waals surface area contributed by atoms with E-state index >= 15 is 0 Å². The van der Waals surface area contributed by atoms with E-state index in [2.05, 4.69) is 32.4 Å². The van der Waals surface area contributed by atoms with Gasteiger partial charge < -0.3 is 20.3 Å². The molecule has 11 heteroatoms. The number of halogens is 2. The highest BCUT2D eigenvalue weighted by Crippen LogP contribution is 2.35. The van der Waals surface area contributed by atoms with Crippen molar-refractivity contribution in [2.24, 2.45) is 0 Å². The molecule has 4 atom stereocenters. The van der Waals surface area contributed by atoms with Crippen molar-refractivity contribution in [1.29, 1.82) is 0 Å². The maximum Gasteiger partial charge on any atom is 0.167 e. The van der Waals surface area contributed by atoms with Crippen LogP contribution in [-0.4, -0.2) is 60.3 Å². The molecule has 0 amide bonds. The number of fused-ring (bicyclic) bond motifs is 1. The molecule has 188 valence electrons. The minimum absolute atomic E-state index is 0.160. The Hall–Kier alpha value is -3.12. The lowest BCUT2D eigenvalue weighted by Gasteiger charge is -2.16. The van der Waals surface area contributed by atoms with Crippen LogP contribution in [0.3, 0.4) is 0 Å². The number of aliphatic hydroxyl groups excluding tert-OH is 2. The molecule has 2 aromatic carbocycles. The van der Waals surface area contributed by atoms with Crippen molar-refractivity contribution in [2.45, 2.75) is 42.3 Å². The van der Waals surface area contributed by atoms with Crippen LogP contribution in [0.4, 0.5) is 14.6 Å². The Kier molecular flexibility index (Phi) is 7.42. The number of aryl methyl sites for hydroxylation is 1. The SMILES string of the molecule is O[C@@H]1[C@H](O)[C@@H](CSc2ccc(F)cc2F)O[C@H]1n1cnc2c(NCCCc3ccccc3)ncnc21. The second-order valence-electron chi connectivity index (χ2n) is 8.49. The molecule has 4 aromatic rings. The number of hydrogen-bond acceptors (Lipinski definition) is 8. The number of imidazole rings is 1. The predicted molar refractivity (Wildman–Crippen MR) is 132 cm³/mol. The highest BCUT2D eigenvalue weighted by Gasteiger charge is 2.44. The fraction of sp³-hybridized carbons (Fsp3) is 0.320. The Morgan fingerprint density at radius 2 is 1.86 bits per heavy atom. The van der Waals surface area contributed by atoms with Gasteiger partial charge in [-0.15, -0.1) is 11.8 Å². The topological polar surface area (TPSA) is 105 Å². The van der Waals surface area contributed by atoms with Crippen molar-refractivity contribution in [3.63, 3.8) is 0 Å². The Balaban J connectivity index is 1.24. The predicted octanol–water partition coefficient (Wildman–Crippen LogP) is 3.56. The van der Waals surface area contributed by atoms with Crippen LogP contribution in [-0.2, 0) is 11.2 Å². The van der Waals surface area contributed by atoms with E-state index in [0.29, 0.717) is 23.5 Å². The number of benzene rings is 2. The average Bonchev–Trinajstić information content (AvgIpc) is 3.43. The first-order chi connectivity index (χ1) is 17.5. The molecule has 0 aliphatic carbocycles. The van der Waals surface area contributed by atoms with Gasteiger partial charge in [-0.1, -0.05) is 30.3 Å². The minimum Gasteiger partial charge on any atom is -0.387 e. The van der Waals surface area contributed by atoms with Gasteiger partial charge in [0.25, 0.3) is 0 Å².